The minimum Gasteiger partial charge on any atom is -0.388 e. The van der Waals surface area contributed by atoms with Gasteiger partial charge in [-0.05, 0) is 6.92 Å². The number of nitrogens with one attached hydrogen (secondary N) is 1. The van der Waals surface area contributed by atoms with Crippen molar-refractivity contribution < 1.29 is 24.9 Å². The fraction of sp³-hybridized carbons (Fsp3) is 0.875. The van der Waals surface area contributed by atoms with E-state index in [0.717, 1.165) is 0 Å². The quantitative estimate of drug-likeness (QED) is 0.395. The maximum atomic E-state index is 10.7. The summed E-state index contributed by atoms with van der Waals surface area (Å²) in [5.74, 6) is -0.404. The Kier molecular flexibility index (Phi) is 3.43. The molecule has 0 spiro atoms. The highest BCUT2D eigenvalue weighted by Gasteiger charge is 2.42. The number of aliphatic hydroxyl groups is 3. The van der Waals surface area contributed by atoms with Crippen molar-refractivity contribution in [2.75, 3.05) is 0 Å². The molecule has 1 saturated heterocycles. The molecule has 1 amide bonds. The molecule has 0 aliphatic carbocycles. The van der Waals surface area contributed by atoms with Gasteiger partial charge >= 0.3 is 0 Å². The summed E-state index contributed by atoms with van der Waals surface area (Å²) in [6.45, 7) is 2.78. The van der Waals surface area contributed by atoms with E-state index in [-0.39, 0.29) is 0 Å². The molecule has 82 valence electrons. The molecule has 0 aromatic rings. The van der Waals surface area contributed by atoms with Crippen molar-refractivity contribution in [2.24, 2.45) is 0 Å². The highest BCUT2D eigenvalue weighted by atomic mass is 16.6. The van der Waals surface area contributed by atoms with Gasteiger partial charge in [0.05, 0.1) is 6.10 Å². The van der Waals surface area contributed by atoms with Crippen LogP contribution in [0.2, 0.25) is 0 Å². The van der Waals surface area contributed by atoms with Crippen LogP contribution in [-0.4, -0.2) is 51.9 Å². The van der Waals surface area contributed by atoms with E-state index in [1.807, 2.05) is 0 Å². The lowest BCUT2D eigenvalue weighted by atomic mass is 9.98. The van der Waals surface area contributed by atoms with Gasteiger partial charge in [0.15, 0.2) is 6.29 Å². The largest absolute Gasteiger partial charge is 0.388 e. The van der Waals surface area contributed by atoms with Gasteiger partial charge in [-0.15, -0.1) is 0 Å². The number of hydrogen-bond acceptors (Lipinski definition) is 5. The molecule has 2 unspecified atom stereocenters. The van der Waals surface area contributed by atoms with Crippen LogP contribution in [0, 0.1) is 0 Å². The van der Waals surface area contributed by atoms with Gasteiger partial charge in [0.25, 0.3) is 0 Å². The topological polar surface area (TPSA) is 99.0 Å². The normalized spacial score (nSPS) is 43.4. The van der Waals surface area contributed by atoms with Gasteiger partial charge in [-0.2, -0.15) is 0 Å². The van der Waals surface area contributed by atoms with E-state index in [4.69, 9.17) is 4.74 Å². The first-order valence-corrected chi connectivity index (χ1v) is 4.40. The molecule has 14 heavy (non-hydrogen) atoms. The first kappa shape index (κ1) is 11.4. The summed E-state index contributed by atoms with van der Waals surface area (Å²) in [6, 6.07) is -0.987. The van der Waals surface area contributed by atoms with E-state index in [2.05, 4.69) is 5.32 Å². The lowest BCUT2D eigenvalue weighted by Gasteiger charge is -2.39. The Balaban J connectivity index is 2.68. The molecule has 0 aromatic heterocycles. The molecule has 1 aliphatic rings. The molecule has 5 atom stereocenters. The molecule has 0 radical (unpaired) electrons. The van der Waals surface area contributed by atoms with E-state index in [1.165, 1.54) is 13.8 Å². The second kappa shape index (κ2) is 4.22. The smallest absolute Gasteiger partial charge is 0.217 e. The Morgan fingerprint density at radius 3 is 2.36 bits per heavy atom. The lowest BCUT2D eigenvalue weighted by Crippen LogP contribution is -2.62. The van der Waals surface area contributed by atoms with E-state index < -0.39 is 36.6 Å². The zero-order valence-electron chi connectivity index (χ0n) is 8.04. The number of amides is 1. The molecule has 0 aromatic carbocycles. The Morgan fingerprint density at radius 1 is 1.29 bits per heavy atom. The van der Waals surface area contributed by atoms with Gasteiger partial charge in [0.1, 0.15) is 18.2 Å². The molecule has 6 nitrogen and oxygen atoms in total. The van der Waals surface area contributed by atoms with Crippen LogP contribution in [0.4, 0.5) is 0 Å². The summed E-state index contributed by atoms with van der Waals surface area (Å²) in [5.41, 5.74) is 0. The summed E-state index contributed by atoms with van der Waals surface area (Å²) < 4.78 is 4.91. The van der Waals surface area contributed by atoms with Crippen LogP contribution >= 0.6 is 0 Å². The number of hydrogen-bond donors (Lipinski definition) is 4. The Bertz CT molecular complexity index is 222. The number of rotatable bonds is 1. The predicted molar refractivity (Wildman–Crippen MR) is 46.2 cm³/mol. The van der Waals surface area contributed by atoms with Gasteiger partial charge < -0.3 is 25.4 Å². The van der Waals surface area contributed by atoms with Crippen LogP contribution in [0.5, 0.6) is 0 Å². The first-order chi connectivity index (χ1) is 6.43. The molecule has 6 heteroatoms. The highest BCUT2D eigenvalue weighted by Crippen LogP contribution is 2.19. The van der Waals surface area contributed by atoms with Crippen molar-refractivity contribution in [1.82, 2.24) is 5.32 Å². The Morgan fingerprint density at radius 2 is 1.86 bits per heavy atom. The fourth-order valence-electron chi connectivity index (χ4n) is 1.44. The van der Waals surface area contributed by atoms with Crippen LogP contribution in [0.1, 0.15) is 13.8 Å². The van der Waals surface area contributed by atoms with Crippen molar-refractivity contribution >= 4 is 5.91 Å². The molecule has 0 bridgehead atoms. The summed E-state index contributed by atoms with van der Waals surface area (Å²) in [4.78, 5) is 10.7. The van der Waals surface area contributed by atoms with E-state index in [1.54, 1.807) is 0 Å². The molecule has 1 heterocycles. The predicted octanol–water partition coefficient (Wildman–Crippen LogP) is -2.05. The van der Waals surface area contributed by atoms with Crippen molar-refractivity contribution in [1.29, 1.82) is 0 Å². The standard InChI is InChI=1S/C8H15NO5/c1-3-6(11)7(12)5(8(13)14-3)9-4(2)10/h3,5-8,11-13H,1-2H3,(H,9,10)/t3?,5?,6-,7-,8-/m1/s1. The van der Waals surface area contributed by atoms with Crippen molar-refractivity contribution in [3.8, 4) is 0 Å². The van der Waals surface area contributed by atoms with Crippen molar-refractivity contribution in [2.45, 2.75) is 44.5 Å². The van der Waals surface area contributed by atoms with Crippen molar-refractivity contribution in [3.63, 3.8) is 0 Å². The second-order valence-corrected chi connectivity index (χ2v) is 3.44. The summed E-state index contributed by atoms with van der Waals surface area (Å²) in [7, 11) is 0. The molecular weight excluding hydrogens is 190 g/mol. The van der Waals surface area contributed by atoms with Gasteiger partial charge in [0.2, 0.25) is 5.91 Å². The number of ether oxygens (including phenoxy) is 1. The zero-order chi connectivity index (χ0) is 10.9. The summed E-state index contributed by atoms with van der Waals surface area (Å²) in [6.07, 6.45) is -4.30. The Labute approximate surface area is 81.5 Å². The SMILES string of the molecule is CC(=O)NC1[C@H](O)OC(C)[C@@H](O)[C@@H]1O. The zero-order valence-corrected chi connectivity index (χ0v) is 8.04. The van der Waals surface area contributed by atoms with Gasteiger partial charge in [-0.1, -0.05) is 0 Å². The van der Waals surface area contributed by atoms with Crippen molar-refractivity contribution in [3.05, 3.63) is 0 Å². The van der Waals surface area contributed by atoms with E-state index in [9.17, 15) is 20.1 Å². The lowest BCUT2D eigenvalue weighted by molar-refractivity contribution is -0.242. The molecular formula is C8H15NO5. The molecule has 4 N–H and O–H groups in total. The number of aliphatic hydroxyl groups excluding tert-OH is 3. The average molecular weight is 205 g/mol. The third-order valence-electron chi connectivity index (χ3n) is 2.23. The third kappa shape index (κ3) is 2.21. The maximum absolute atomic E-state index is 10.7. The summed E-state index contributed by atoms with van der Waals surface area (Å²) >= 11 is 0. The van der Waals surface area contributed by atoms with Gasteiger partial charge in [-0.25, -0.2) is 0 Å². The minimum absolute atomic E-state index is 0.404. The molecule has 1 rings (SSSR count). The summed E-state index contributed by atoms with van der Waals surface area (Å²) in [5, 5.41) is 30.6. The molecule has 0 saturated carbocycles. The van der Waals surface area contributed by atoms with Crippen LogP contribution in [-0.2, 0) is 9.53 Å². The molecule has 1 aliphatic heterocycles. The number of carbonyl (C=O) groups excluding carboxylic acids is 1. The van der Waals surface area contributed by atoms with Gasteiger partial charge in [0, 0.05) is 6.92 Å². The van der Waals surface area contributed by atoms with E-state index >= 15 is 0 Å². The third-order valence-corrected chi connectivity index (χ3v) is 2.23. The highest BCUT2D eigenvalue weighted by molar-refractivity contribution is 5.73. The average Bonchev–Trinajstić information content (AvgIpc) is 2.09. The van der Waals surface area contributed by atoms with Crippen LogP contribution in [0.15, 0.2) is 0 Å². The first-order valence-electron chi connectivity index (χ1n) is 4.40. The van der Waals surface area contributed by atoms with Crippen LogP contribution in [0.3, 0.4) is 0 Å². The van der Waals surface area contributed by atoms with Gasteiger partial charge in [-0.3, -0.25) is 4.79 Å². The second-order valence-electron chi connectivity index (χ2n) is 3.44. The van der Waals surface area contributed by atoms with E-state index in [0.29, 0.717) is 0 Å². The maximum Gasteiger partial charge on any atom is 0.217 e. The Hall–Kier alpha value is -0.690. The minimum atomic E-state index is -1.30. The van der Waals surface area contributed by atoms with Crippen LogP contribution < -0.4 is 5.32 Å². The monoisotopic (exact) mass is 205 g/mol. The fourth-order valence-corrected chi connectivity index (χ4v) is 1.44. The van der Waals surface area contributed by atoms with Crippen LogP contribution in [0.25, 0.3) is 0 Å². The molecule has 1 fully saturated rings. The number of carbonyl (C=O) groups is 1.